The molecule has 0 aromatic rings. The van der Waals surface area contributed by atoms with Gasteiger partial charge in [0.15, 0.2) is 0 Å². The molecule has 0 spiro atoms. The maximum atomic E-state index is 12.4. The van der Waals surface area contributed by atoms with Crippen molar-refractivity contribution in [2.24, 2.45) is 0 Å². The van der Waals surface area contributed by atoms with E-state index in [0.29, 0.717) is 6.42 Å². The molecule has 0 aromatic heterocycles. The lowest BCUT2D eigenvalue weighted by Crippen LogP contribution is -2.45. The zero-order valence-corrected chi connectivity index (χ0v) is 26.9. The minimum absolute atomic E-state index is 0.228. The van der Waals surface area contributed by atoms with E-state index in [1.807, 2.05) is 6.08 Å². The van der Waals surface area contributed by atoms with Gasteiger partial charge >= 0.3 is 7.82 Å². The summed E-state index contributed by atoms with van der Waals surface area (Å²) in [4.78, 5) is 30.6. The third-order valence-corrected chi connectivity index (χ3v) is 7.98. The normalized spacial score (nSPS) is 13.6. The van der Waals surface area contributed by atoms with Crippen LogP contribution in [-0.2, 0) is 13.9 Å². The van der Waals surface area contributed by atoms with Crippen LogP contribution in [0.4, 0.5) is 0 Å². The summed E-state index contributed by atoms with van der Waals surface area (Å²) in [5, 5.41) is 13.3. The number of amides is 1. The van der Waals surface area contributed by atoms with Gasteiger partial charge < -0.3 is 20.2 Å². The number of carbonyl (C=O) groups excluding carboxylic acids is 1. The molecule has 4 N–H and O–H groups in total. The molecule has 0 rings (SSSR count). The highest BCUT2D eigenvalue weighted by atomic mass is 31.2. The van der Waals surface area contributed by atoms with E-state index in [4.69, 9.17) is 9.79 Å². The maximum absolute atomic E-state index is 12.4. The van der Waals surface area contributed by atoms with Gasteiger partial charge in [0.2, 0.25) is 5.91 Å². The van der Waals surface area contributed by atoms with Crippen LogP contribution in [0.15, 0.2) is 12.2 Å². The first-order valence-electron chi connectivity index (χ1n) is 16.6. The fourth-order valence-electron chi connectivity index (χ4n) is 4.93. The molecule has 0 heterocycles. The monoisotopic (exact) mass is 589 g/mol. The van der Waals surface area contributed by atoms with Crippen molar-refractivity contribution < 1.29 is 28.8 Å². The van der Waals surface area contributed by atoms with E-state index < -0.39 is 26.6 Å². The molecule has 0 unspecified atom stereocenters. The Labute approximate surface area is 246 Å². The number of unbranched alkanes of at least 4 members (excludes halogenated alkanes) is 21. The largest absolute Gasteiger partial charge is 0.469 e. The van der Waals surface area contributed by atoms with Crippen LogP contribution in [0.2, 0.25) is 0 Å². The van der Waals surface area contributed by atoms with Gasteiger partial charge in [-0.25, -0.2) is 4.57 Å². The molecule has 2 atom stereocenters. The molecule has 0 aromatic carbocycles. The van der Waals surface area contributed by atoms with Crippen molar-refractivity contribution in [3.05, 3.63) is 12.2 Å². The van der Waals surface area contributed by atoms with E-state index in [0.717, 1.165) is 38.5 Å². The first-order chi connectivity index (χ1) is 19.3. The third kappa shape index (κ3) is 28.8. The number of carbonyl (C=O) groups is 1. The molecule has 0 fully saturated rings. The van der Waals surface area contributed by atoms with Crippen molar-refractivity contribution in [2.45, 2.75) is 180 Å². The fraction of sp³-hybridized carbons (Fsp3) is 0.906. The van der Waals surface area contributed by atoms with Gasteiger partial charge in [0.05, 0.1) is 18.8 Å². The van der Waals surface area contributed by atoms with Gasteiger partial charge in [-0.15, -0.1) is 0 Å². The summed E-state index contributed by atoms with van der Waals surface area (Å²) in [6.45, 7) is 4.03. The molecule has 1 amide bonds. The van der Waals surface area contributed by atoms with Crippen LogP contribution in [0.5, 0.6) is 0 Å². The summed E-state index contributed by atoms with van der Waals surface area (Å²) in [5.41, 5.74) is 0. The number of hydrogen-bond acceptors (Lipinski definition) is 4. The van der Waals surface area contributed by atoms with Gasteiger partial charge in [0, 0.05) is 6.42 Å². The Kier molecular flexibility index (Phi) is 27.9. The summed E-state index contributed by atoms with van der Waals surface area (Å²) in [6.07, 6.45) is 30.8. The average molecular weight is 590 g/mol. The Morgan fingerprint density at radius 2 is 1.10 bits per heavy atom. The Bertz CT molecular complexity index is 639. The first kappa shape index (κ1) is 39.3. The predicted molar refractivity (Wildman–Crippen MR) is 167 cm³/mol. The molecule has 7 nitrogen and oxygen atoms in total. The summed E-state index contributed by atoms with van der Waals surface area (Å²) < 4.78 is 15.8. The second-order valence-electron chi connectivity index (χ2n) is 11.5. The molecule has 0 aliphatic rings. The number of hydrogen-bond donors (Lipinski definition) is 4. The number of aliphatic hydroxyl groups is 1. The molecule has 0 saturated carbocycles. The standard InChI is InChI=1S/C32H64NO6P/c1-3-5-7-9-11-13-15-17-19-21-23-25-27-31(34)30(29-39-40(36,37)38)33-32(35)28-26-24-22-20-18-16-14-12-10-8-6-4-2/h25,27,30-31,34H,3-24,26,28-29H2,1-2H3,(H,33,35)(H2,36,37,38)/b27-25+/t30-,31+/m0/s1. The first-order valence-corrected chi connectivity index (χ1v) is 18.2. The molecule has 8 heteroatoms. The lowest BCUT2D eigenvalue weighted by atomic mass is 10.0. The minimum Gasteiger partial charge on any atom is -0.387 e. The van der Waals surface area contributed by atoms with Gasteiger partial charge in [0.1, 0.15) is 0 Å². The van der Waals surface area contributed by atoms with Gasteiger partial charge in [-0.2, -0.15) is 0 Å². The van der Waals surface area contributed by atoms with E-state index in [9.17, 15) is 14.5 Å². The lowest BCUT2D eigenvalue weighted by molar-refractivity contribution is -0.123. The molecule has 238 valence electrons. The van der Waals surface area contributed by atoms with Crippen LogP contribution in [0.1, 0.15) is 168 Å². The number of aliphatic hydroxyl groups excluding tert-OH is 1. The Hall–Kier alpha value is -0.720. The highest BCUT2D eigenvalue weighted by Crippen LogP contribution is 2.35. The highest BCUT2D eigenvalue weighted by Gasteiger charge is 2.24. The van der Waals surface area contributed by atoms with E-state index in [1.165, 1.54) is 109 Å². The number of phosphoric acid groups is 1. The van der Waals surface area contributed by atoms with Crippen LogP contribution in [0, 0.1) is 0 Å². The van der Waals surface area contributed by atoms with E-state index in [-0.39, 0.29) is 5.91 Å². The van der Waals surface area contributed by atoms with Gasteiger partial charge in [-0.3, -0.25) is 9.32 Å². The van der Waals surface area contributed by atoms with Crippen molar-refractivity contribution in [1.82, 2.24) is 5.32 Å². The fourth-order valence-corrected chi connectivity index (χ4v) is 5.28. The van der Waals surface area contributed by atoms with Gasteiger partial charge in [-0.1, -0.05) is 154 Å². The van der Waals surface area contributed by atoms with Crippen LogP contribution >= 0.6 is 7.82 Å². The van der Waals surface area contributed by atoms with Crippen LogP contribution in [0.25, 0.3) is 0 Å². The highest BCUT2D eigenvalue weighted by molar-refractivity contribution is 7.46. The van der Waals surface area contributed by atoms with E-state index >= 15 is 0 Å². The van der Waals surface area contributed by atoms with Crippen molar-refractivity contribution in [2.75, 3.05) is 6.61 Å². The Morgan fingerprint density at radius 1 is 0.700 bits per heavy atom. The molecule has 0 radical (unpaired) electrons. The minimum atomic E-state index is -4.70. The van der Waals surface area contributed by atoms with Crippen LogP contribution < -0.4 is 5.32 Å². The zero-order chi connectivity index (χ0) is 29.7. The maximum Gasteiger partial charge on any atom is 0.469 e. The lowest BCUT2D eigenvalue weighted by Gasteiger charge is -2.22. The average Bonchev–Trinajstić information content (AvgIpc) is 2.91. The number of rotatable bonds is 30. The van der Waals surface area contributed by atoms with E-state index in [1.54, 1.807) is 6.08 Å². The van der Waals surface area contributed by atoms with Crippen molar-refractivity contribution in [3.63, 3.8) is 0 Å². The second kappa shape index (κ2) is 28.4. The quantitative estimate of drug-likeness (QED) is 0.0378. The van der Waals surface area contributed by atoms with Crippen LogP contribution in [-0.4, -0.2) is 39.6 Å². The van der Waals surface area contributed by atoms with Crippen molar-refractivity contribution in [3.8, 4) is 0 Å². The van der Waals surface area contributed by atoms with Gasteiger partial charge in [0.25, 0.3) is 0 Å². The molecule has 40 heavy (non-hydrogen) atoms. The van der Waals surface area contributed by atoms with Gasteiger partial charge in [-0.05, 0) is 19.3 Å². The Morgan fingerprint density at radius 3 is 1.52 bits per heavy atom. The molecular weight excluding hydrogens is 525 g/mol. The topological polar surface area (TPSA) is 116 Å². The Balaban J connectivity index is 4.11. The smallest absolute Gasteiger partial charge is 0.387 e. The van der Waals surface area contributed by atoms with E-state index in [2.05, 4.69) is 23.7 Å². The van der Waals surface area contributed by atoms with Crippen molar-refractivity contribution in [1.29, 1.82) is 0 Å². The molecule has 0 bridgehead atoms. The van der Waals surface area contributed by atoms with Crippen molar-refractivity contribution >= 4 is 13.7 Å². The summed E-state index contributed by atoms with van der Waals surface area (Å²) in [7, 11) is -4.70. The summed E-state index contributed by atoms with van der Waals surface area (Å²) in [5.74, 6) is -0.228. The molecule has 0 aliphatic carbocycles. The second-order valence-corrected chi connectivity index (χ2v) is 12.7. The third-order valence-electron chi connectivity index (χ3n) is 7.50. The zero-order valence-electron chi connectivity index (χ0n) is 26.0. The molecule has 0 saturated heterocycles. The molecule has 0 aliphatic heterocycles. The molecular formula is C32H64NO6P. The number of allylic oxidation sites excluding steroid dienone is 1. The number of phosphoric ester groups is 1. The SMILES string of the molecule is CCCCCCCCCCCC/C=C/[C@@H](O)[C@H](COP(=O)(O)O)NC(=O)CCCCCCCCCCCCCC. The predicted octanol–water partition coefficient (Wildman–Crippen LogP) is 8.90. The number of nitrogens with one attached hydrogen (secondary N) is 1. The summed E-state index contributed by atoms with van der Waals surface area (Å²) >= 11 is 0. The van der Waals surface area contributed by atoms with Crippen LogP contribution in [0.3, 0.4) is 0 Å². The summed E-state index contributed by atoms with van der Waals surface area (Å²) in [6, 6.07) is -0.901.